The van der Waals surface area contributed by atoms with E-state index in [0.29, 0.717) is 11.6 Å². The fourth-order valence-electron chi connectivity index (χ4n) is 2.23. The fraction of sp³-hybridized carbons (Fsp3) is 0. The summed E-state index contributed by atoms with van der Waals surface area (Å²) in [4.78, 5) is 27.0. The molecular weight excluding hydrogens is 252 g/mol. The van der Waals surface area contributed by atoms with Crippen molar-refractivity contribution in [1.29, 1.82) is 0 Å². The molecule has 2 aromatic carbocycles. The van der Waals surface area contributed by atoms with Gasteiger partial charge in [0.25, 0.3) is 5.78 Å². The molecule has 0 amide bonds. The van der Waals surface area contributed by atoms with E-state index >= 15 is 0 Å². The predicted molar refractivity (Wildman–Crippen MR) is 75.6 cm³/mol. The van der Waals surface area contributed by atoms with Crippen LogP contribution in [0.25, 0.3) is 22.1 Å². The number of imidazole rings is 2. The van der Waals surface area contributed by atoms with Gasteiger partial charge >= 0.3 is 0 Å². The van der Waals surface area contributed by atoms with E-state index in [1.807, 2.05) is 48.5 Å². The first-order valence-corrected chi connectivity index (χ1v) is 6.25. The highest BCUT2D eigenvalue weighted by Gasteiger charge is 2.17. The summed E-state index contributed by atoms with van der Waals surface area (Å²) in [5.41, 5.74) is 3.22. The Kier molecular flexibility index (Phi) is 2.20. The average Bonchev–Trinajstić information content (AvgIpc) is 3.10. The monoisotopic (exact) mass is 262 g/mol. The van der Waals surface area contributed by atoms with Gasteiger partial charge in [-0.3, -0.25) is 4.79 Å². The Morgan fingerprint density at radius 1 is 0.750 bits per heavy atom. The highest BCUT2D eigenvalue weighted by atomic mass is 16.1. The lowest BCUT2D eigenvalue weighted by Crippen LogP contribution is -2.05. The minimum Gasteiger partial charge on any atom is -0.335 e. The number of H-pyrrole nitrogens is 2. The number of para-hydroxylation sites is 4. The van der Waals surface area contributed by atoms with Crippen molar-refractivity contribution >= 4 is 27.9 Å². The van der Waals surface area contributed by atoms with Crippen LogP contribution in [-0.2, 0) is 0 Å². The van der Waals surface area contributed by atoms with Gasteiger partial charge in [0.05, 0.1) is 22.1 Å². The predicted octanol–water partition coefficient (Wildman–Crippen LogP) is 2.67. The molecule has 0 fully saturated rings. The second-order valence-corrected chi connectivity index (χ2v) is 4.53. The molecule has 0 atom stereocenters. The molecule has 4 rings (SSSR count). The molecule has 0 aliphatic heterocycles. The van der Waals surface area contributed by atoms with Gasteiger partial charge in [-0.05, 0) is 24.3 Å². The quantitative estimate of drug-likeness (QED) is 0.545. The SMILES string of the molecule is O=C(c1nc2ccccc2[nH]1)c1nc2ccccc2[nH]1. The van der Waals surface area contributed by atoms with Gasteiger partial charge in [-0.15, -0.1) is 0 Å². The van der Waals surface area contributed by atoms with Crippen molar-refractivity contribution in [2.75, 3.05) is 0 Å². The van der Waals surface area contributed by atoms with Crippen LogP contribution in [0.3, 0.4) is 0 Å². The lowest BCUT2D eigenvalue weighted by atomic mass is 10.3. The number of carbonyl (C=O) groups is 1. The van der Waals surface area contributed by atoms with E-state index in [-0.39, 0.29) is 5.78 Å². The molecule has 0 unspecified atom stereocenters. The molecule has 0 saturated heterocycles. The summed E-state index contributed by atoms with van der Waals surface area (Å²) < 4.78 is 0. The summed E-state index contributed by atoms with van der Waals surface area (Å²) in [5, 5.41) is 0. The molecular formula is C15H10N4O. The molecule has 2 N–H and O–H groups in total. The van der Waals surface area contributed by atoms with Crippen molar-refractivity contribution in [1.82, 2.24) is 19.9 Å². The molecule has 0 saturated carbocycles. The lowest BCUT2D eigenvalue weighted by molar-refractivity contribution is 0.102. The van der Waals surface area contributed by atoms with Gasteiger partial charge in [0.15, 0.2) is 11.6 Å². The largest absolute Gasteiger partial charge is 0.335 e. The second-order valence-electron chi connectivity index (χ2n) is 4.53. The van der Waals surface area contributed by atoms with Crippen molar-refractivity contribution in [2.24, 2.45) is 0 Å². The normalized spacial score (nSPS) is 11.2. The highest BCUT2D eigenvalue weighted by Crippen LogP contribution is 2.15. The van der Waals surface area contributed by atoms with Crippen LogP contribution in [0.5, 0.6) is 0 Å². The molecule has 2 aromatic heterocycles. The maximum atomic E-state index is 12.4. The number of nitrogens with one attached hydrogen (secondary N) is 2. The molecule has 0 radical (unpaired) electrons. The van der Waals surface area contributed by atoms with E-state index in [1.165, 1.54) is 0 Å². The van der Waals surface area contributed by atoms with E-state index < -0.39 is 0 Å². The Hall–Kier alpha value is -2.95. The number of aromatic amines is 2. The third kappa shape index (κ3) is 1.60. The van der Waals surface area contributed by atoms with Crippen LogP contribution in [0, 0.1) is 0 Å². The molecule has 5 nitrogen and oxygen atoms in total. The Labute approximate surface area is 113 Å². The Morgan fingerprint density at radius 2 is 1.20 bits per heavy atom. The number of ketones is 1. The molecule has 0 spiro atoms. The molecule has 96 valence electrons. The summed E-state index contributed by atoms with van der Waals surface area (Å²) >= 11 is 0. The summed E-state index contributed by atoms with van der Waals surface area (Å²) in [6.07, 6.45) is 0. The summed E-state index contributed by atoms with van der Waals surface area (Å²) in [7, 11) is 0. The summed E-state index contributed by atoms with van der Waals surface area (Å²) in [6.45, 7) is 0. The van der Waals surface area contributed by atoms with Crippen molar-refractivity contribution in [3.05, 3.63) is 60.2 Å². The molecule has 0 aliphatic rings. The van der Waals surface area contributed by atoms with Gasteiger partial charge in [-0.2, -0.15) is 0 Å². The van der Waals surface area contributed by atoms with Gasteiger partial charge in [-0.1, -0.05) is 24.3 Å². The molecule has 4 aromatic rings. The first-order valence-electron chi connectivity index (χ1n) is 6.25. The molecule has 0 bridgehead atoms. The van der Waals surface area contributed by atoms with Crippen molar-refractivity contribution in [3.8, 4) is 0 Å². The van der Waals surface area contributed by atoms with Crippen LogP contribution in [0.15, 0.2) is 48.5 Å². The fourth-order valence-corrected chi connectivity index (χ4v) is 2.23. The lowest BCUT2D eigenvalue weighted by Gasteiger charge is -1.90. The zero-order valence-electron chi connectivity index (χ0n) is 10.4. The topological polar surface area (TPSA) is 74.4 Å². The standard InChI is InChI=1S/C15H10N4O/c20-13(14-16-9-5-1-2-6-10(9)17-14)15-18-11-7-3-4-8-12(11)19-15/h1-8H,(H,16,17)(H,18,19). The first-order chi connectivity index (χ1) is 9.81. The molecule has 0 aliphatic carbocycles. The minimum atomic E-state index is -0.239. The maximum absolute atomic E-state index is 12.4. The van der Waals surface area contributed by atoms with Crippen molar-refractivity contribution in [3.63, 3.8) is 0 Å². The number of hydrogen-bond donors (Lipinski definition) is 2. The molecule has 2 heterocycles. The summed E-state index contributed by atoms with van der Waals surface area (Å²) in [5.74, 6) is 0.355. The number of aromatic nitrogens is 4. The molecule has 20 heavy (non-hydrogen) atoms. The van der Waals surface area contributed by atoms with Crippen LogP contribution >= 0.6 is 0 Å². The van der Waals surface area contributed by atoms with Crippen molar-refractivity contribution < 1.29 is 4.79 Å². The van der Waals surface area contributed by atoms with Crippen molar-refractivity contribution in [2.45, 2.75) is 0 Å². The van der Waals surface area contributed by atoms with Crippen LogP contribution in [0.4, 0.5) is 0 Å². The van der Waals surface area contributed by atoms with Gasteiger partial charge in [-0.25, -0.2) is 9.97 Å². The smallest absolute Gasteiger partial charge is 0.263 e. The van der Waals surface area contributed by atoms with Gasteiger partial charge in [0.2, 0.25) is 0 Å². The Bertz CT molecular complexity index is 793. The van der Waals surface area contributed by atoms with E-state index in [2.05, 4.69) is 19.9 Å². The minimum absolute atomic E-state index is 0.239. The van der Waals surface area contributed by atoms with Gasteiger partial charge < -0.3 is 9.97 Å². The third-order valence-electron chi connectivity index (χ3n) is 3.21. The number of benzene rings is 2. The number of nitrogens with zero attached hydrogens (tertiary/aromatic N) is 2. The first kappa shape index (κ1) is 10.9. The number of fused-ring (bicyclic) bond motifs is 2. The zero-order valence-corrected chi connectivity index (χ0v) is 10.4. The number of hydrogen-bond acceptors (Lipinski definition) is 3. The van der Waals surface area contributed by atoms with Gasteiger partial charge in [0.1, 0.15) is 0 Å². The third-order valence-corrected chi connectivity index (χ3v) is 3.21. The average molecular weight is 262 g/mol. The Balaban J connectivity index is 1.82. The highest BCUT2D eigenvalue weighted by molar-refractivity contribution is 6.06. The van der Waals surface area contributed by atoms with Crippen LogP contribution in [-0.4, -0.2) is 25.7 Å². The molecule has 5 heteroatoms. The number of carbonyl (C=O) groups excluding carboxylic acids is 1. The van der Waals surface area contributed by atoms with E-state index in [9.17, 15) is 4.79 Å². The zero-order chi connectivity index (χ0) is 13.5. The Morgan fingerprint density at radius 3 is 1.65 bits per heavy atom. The summed E-state index contributed by atoms with van der Waals surface area (Å²) in [6, 6.07) is 15.1. The van der Waals surface area contributed by atoms with Gasteiger partial charge in [0, 0.05) is 0 Å². The maximum Gasteiger partial charge on any atom is 0.263 e. The van der Waals surface area contributed by atoms with Crippen LogP contribution in [0.1, 0.15) is 16.4 Å². The second kappa shape index (κ2) is 4.03. The van der Waals surface area contributed by atoms with E-state index in [4.69, 9.17) is 0 Å². The van der Waals surface area contributed by atoms with Crippen LogP contribution in [0.2, 0.25) is 0 Å². The van der Waals surface area contributed by atoms with E-state index in [0.717, 1.165) is 22.1 Å². The number of rotatable bonds is 2. The van der Waals surface area contributed by atoms with E-state index in [1.54, 1.807) is 0 Å². The van der Waals surface area contributed by atoms with Crippen LogP contribution < -0.4 is 0 Å².